The molecule has 176 valence electrons. The number of rotatable bonds is 4. The second kappa shape index (κ2) is 7.79. The SMILES string of the molecule is Cc1nc(-c2nn(-c3ccc(C4(N)CCC4)cc3)c3c4cc(-c5ccccc5)cnc4cc[n+]23)n[nH]1. The van der Waals surface area contributed by atoms with E-state index in [0.717, 1.165) is 52.0 Å². The number of nitrogens with two attached hydrogens (primary N) is 1. The summed E-state index contributed by atoms with van der Waals surface area (Å²) in [6, 6.07) is 22.9. The number of hydrogen-bond acceptors (Lipinski definition) is 5. The number of nitrogens with one attached hydrogen (secondary N) is 1. The molecule has 4 heterocycles. The monoisotopic (exact) mass is 473 g/mol. The zero-order valence-corrected chi connectivity index (χ0v) is 19.9. The third-order valence-electron chi connectivity index (χ3n) is 7.23. The van der Waals surface area contributed by atoms with E-state index in [4.69, 9.17) is 15.8 Å². The summed E-state index contributed by atoms with van der Waals surface area (Å²) in [6.45, 7) is 1.88. The van der Waals surface area contributed by atoms with Crippen molar-refractivity contribution < 1.29 is 4.40 Å². The molecule has 0 saturated heterocycles. The molecule has 8 heteroatoms. The quantitative estimate of drug-likeness (QED) is 0.373. The van der Waals surface area contributed by atoms with E-state index in [1.165, 1.54) is 12.0 Å². The summed E-state index contributed by atoms with van der Waals surface area (Å²) in [6.07, 6.45) is 7.14. The number of hydrogen-bond donors (Lipinski definition) is 2. The van der Waals surface area contributed by atoms with E-state index in [-0.39, 0.29) is 5.54 Å². The molecular formula is C28H25N8+. The summed E-state index contributed by atoms with van der Waals surface area (Å²) in [7, 11) is 0. The summed E-state index contributed by atoms with van der Waals surface area (Å²) in [4.78, 5) is 9.34. The van der Waals surface area contributed by atoms with Crippen molar-refractivity contribution >= 4 is 16.6 Å². The van der Waals surface area contributed by atoms with Gasteiger partial charge in [0.15, 0.2) is 0 Å². The van der Waals surface area contributed by atoms with Crippen LogP contribution < -0.4 is 10.1 Å². The largest absolute Gasteiger partial charge is 0.353 e. The average Bonchev–Trinajstić information content (AvgIpc) is 3.51. The van der Waals surface area contributed by atoms with Crippen molar-refractivity contribution in [3.8, 4) is 28.5 Å². The van der Waals surface area contributed by atoms with Crippen molar-refractivity contribution in [2.75, 3.05) is 0 Å². The molecule has 2 aromatic carbocycles. The number of H-pyrrole nitrogens is 1. The fourth-order valence-electron chi connectivity index (χ4n) is 5.05. The molecule has 1 aliphatic carbocycles. The smallest absolute Gasteiger partial charge is 0.321 e. The Morgan fingerprint density at radius 2 is 1.81 bits per heavy atom. The Bertz CT molecular complexity index is 1730. The van der Waals surface area contributed by atoms with Gasteiger partial charge in [-0.3, -0.25) is 10.1 Å². The van der Waals surface area contributed by atoms with Crippen molar-refractivity contribution in [3.05, 3.63) is 90.5 Å². The number of fused-ring (bicyclic) bond motifs is 3. The first-order chi connectivity index (χ1) is 17.6. The van der Waals surface area contributed by atoms with Gasteiger partial charge in [0.1, 0.15) is 11.5 Å². The number of benzene rings is 2. The van der Waals surface area contributed by atoms with Crippen LogP contribution in [0.2, 0.25) is 0 Å². The fraction of sp³-hybridized carbons (Fsp3) is 0.179. The van der Waals surface area contributed by atoms with Crippen molar-refractivity contribution in [2.24, 2.45) is 5.73 Å². The van der Waals surface area contributed by atoms with Crippen LogP contribution in [0.3, 0.4) is 0 Å². The molecular weight excluding hydrogens is 448 g/mol. The Morgan fingerprint density at radius 3 is 2.50 bits per heavy atom. The van der Waals surface area contributed by atoms with E-state index in [2.05, 4.69) is 57.6 Å². The highest BCUT2D eigenvalue weighted by molar-refractivity contribution is 5.93. The lowest BCUT2D eigenvalue weighted by atomic mass is 9.73. The highest BCUT2D eigenvalue weighted by Crippen LogP contribution is 2.39. The zero-order chi connectivity index (χ0) is 24.3. The van der Waals surface area contributed by atoms with Gasteiger partial charge in [-0.05, 0) is 61.6 Å². The van der Waals surface area contributed by atoms with Gasteiger partial charge in [0.05, 0.1) is 22.2 Å². The molecule has 3 N–H and O–H groups in total. The first-order valence-corrected chi connectivity index (χ1v) is 12.2. The van der Waals surface area contributed by atoms with Crippen LogP contribution in [0.25, 0.3) is 45.0 Å². The Morgan fingerprint density at radius 1 is 1.00 bits per heavy atom. The maximum Gasteiger partial charge on any atom is 0.353 e. The van der Waals surface area contributed by atoms with E-state index in [1.54, 1.807) is 0 Å². The molecule has 0 bridgehead atoms. The Hall–Kier alpha value is -4.43. The average molecular weight is 474 g/mol. The minimum Gasteiger partial charge on any atom is -0.321 e. The molecule has 0 amide bonds. The maximum absolute atomic E-state index is 6.58. The molecule has 7 rings (SSSR count). The van der Waals surface area contributed by atoms with Gasteiger partial charge in [-0.2, -0.15) is 4.40 Å². The van der Waals surface area contributed by atoms with Gasteiger partial charge in [-0.1, -0.05) is 47.1 Å². The third kappa shape index (κ3) is 3.22. The molecule has 4 aromatic heterocycles. The van der Waals surface area contributed by atoms with E-state index in [9.17, 15) is 0 Å². The van der Waals surface area contributed by atoms with E-state index in [0.29, 0.717) is 11.6 Å². The van der Waals surface area contributed by atoms with Crippen molar-refractivity contribution in [3.63, 3.8) is 0 Å². The summed E-state index contributed by atoms with van der Waals surface area (Å²) in [5.74, 6) is 1.93. The molecule has 1 fully saturated rings. The zero-order valence-electron chi connectivity index (χ0n) is 19.9. The third-order valence-corrected chi connectivity index (χ3v) is 7.23. The van der Waals surface area contributed by atoms with Gasteiger partial charge < -0.3 is 5.73 Å². The first-order valence-electron chi connectivity index (χ1n) is 12.2. The Labute approximate surface area is 207 Å². The molecule has 0 radical (unpaired) electrons. The van der Waals surface area contributed by atoms with Crippen LogP contribution in [-0.4, -0.2) is 29.9 Å². The van der Waals surface area contributed by atoms with Crippen LogP contribution in [0.15, 0.2) is 79.1 Å². The summed E-state index contributed by atoms with van der Waals surface area (Å²) in [5.41, 5.74) is 12.4. The van der Waals surface area contributed by atoms with E-state index in [1.807, 2.05) is 52.7 Å². The lowest BCUT2D eigenvalue weighted by Crippen LogP contribution is -2.43. The molecule has 36 heavy (non-hydrogen) atoms. The predicted molar refractivity (Wildman–Crippen MR) is 137 cm³/mol. The lowest BCUT2D eigenvalue weighted by molar-refractivity contribution is -0.499. The minimum absolute atomic E-state index is 0.206. The highest BCUT2D eigenvalue weighted by atomic mass is 15.4. The molecule has 8 nitrogen and oxygen atoms in total. The number of pyridine rings is 2. The fourth-order valence-corrected chi connectivity index (χ4v) is 5.05. The number of aromatic nitrogens is 7. The van der Waals surface area contributed by atoms with E-state index < -0.39 is 0 Å². The van der Waals surface area contributed by atoms with Gasteiger partial charge in [0.2, 0.25) is 0 Å². The van der Waals surface area contributed by atoms with Crippen molar-refractivity contribution in [1.82, 2.24) is 29.9 Å². The second-order valence-corrected chi connectivity index (χ2v) is 9.57. The van der Waals surface area contributed by atoms with Gasteiger partial charge in [-0.25, -0.2) is 4.98 Å². The summed E-state index contributed by atoms with van der Waals surface area (Å²) < 4.78 is 3.99. The molecule has 0 unspecified atom stereocenters. The Balaban J connectivity index is 1.48. The molecule has 1 aliphatic rings. The molecule has 0 spiro atoms. The molecule has 0 atom stereocenters. The van der Waals surface area contributed by atoms with Crippen LogP contribution in [0.5, 0.6) is 0 Å². The topological polar surface area (TPSA) is 102 Å². The maximum atomic E-state index is 6.58. The normalized spacial score (nSPS) is 14.8. The second-order valence-electron chi connectivity index (χ2n) is 9.57. The molecule has 1 saturated carbocycles. The van der Waals surface area contributed by atoms with Crippen LogP contribution in [0.1, 0.15) is 30.7 Å². The van der Waals surface area contributed by atoms with Crippen LogP contribution in [0, 0.1) is 6.92 Å². The number of aromatic amines is 1. The van der Waals surface area contributed by atoms with Crippen LogP contribution in [0.4, 0.5) is 0 Å². The summed E-state index contributed by atoms with van der Waals surface area (Å²) >= 11 is 0. The number of nitrogens with zero attached hydrogens (tertiary/aromatic N) is 6. The molecule has 0 aliphatic heterocycles. The van der Waals surface area contributed by atoms with Crippen LogP contribution in [-0.2, 0) is 5.54 Å². The predicted octanol–water partition coefficient (Wildman–Crippen LogP) is 4.26. The Kier molecular flexibility index (Phi) is 4.52. The van der Waals surface area contributed by atoms with Gasteiger partial charge >= 0.3 is 5.82 Å². The van der Waals surface area contributed by atoms with Gasteiger partial charge in [-0.15, -0.1) is 5.10 Å². The van der Waals surface area contributed by atoms with Crippen molar-refractivity contribution in [2.45, 2.75) is 31.7 Å². The molecule has 6 aromatic rings. The summed E-state index contributed by atoms with van der Waals surface area (Å²) in [5, 5.41) is 13.3. The lowest BCUT2D eigenvalue weighted by Gasteiger charge is -2.38. The first kappa shape index (κ1) is 20.9. The number of aryl methyl sites for hydroxylation is 1. The van der Waals surface area contributed by atoms with Crippen molar-refractivity contribution in [1.29, 1.82) is 0 Å². The van der Waals surface area contributed by atoms with Gasteiger partial charge in [0, 0.05) is 17.3 Å². The van der Waals surface area contributed by atoms with Gasteiger partial charge in [0.25, 0.3) is 11.5 Å². The van der Waals surface area contributed by atoms with Crippen LogP contribution >= 0.6 is 0 Å². The van der Waals surface area contributed by atoms with E-state index >= 15 is 0 Å². The minimum atomic E-state index is -0.206. The standard InChI is InChI=1S/C28H25N8/c1-18-31-25(33-32-18)26-34-36(22-10-8-21(9-11-22)28(29)13-5-14-28)27-23-16-20(19-6-3-2-4-7-19)17-30-24(23)12-15-35(26)27/h2-4,6-12,15-17H,5,13-14,29H2,1H3,(H,31,32,33)/q+1. The highest BCUT2D eigenvalue weighted by Gasteiger charge is 2.34.